The van der Waals surface area contributed by atoms with Crippen LogP contribution in [0.25, 0.3) is 17.3 Å². The predicted molar refractivity (Wildman–Crippen MR) is 117 cm³/mol. The highest BCUT2D eigenvalue weighted by atomic mass is 32.1. The van der Waals surface area contributed by atoms with Crippen LogP contribution in [-0.4, -0.2) is 15.8 Å². The first kappa shape index (κ1) is 20.4. The highest BCUT2D eigenvalue weighted by Gasteiger charge is 2.08. The fourth-order valence-electron chi connectivity index (χ4n) is 2.71. The lowest BCUT2D eigenvalue weighted by molar-refractivity contribution is -0.384. The van der Waals surface area contributed by atoms with Crippen LogP contribution in [0.4, 0.5) is 10.8 Å². The Morgan fingerprint density at radius 2 is 1.90 bits per heavy atom. The van der Waals surface area contributed by atoms with Gasteiger partial charge in [0, 0.05) is 29.2 Å². The van der Waals surface area contributed by atoms with Gasteiger partial charge in [-0.1, -0.05) is 38.1 Å². The average Bonchev–Trinajstić information content (AvgIpc) is 3.20. The Labute approximate surface area is 173 Å². The van der Waals surface area contributed by atoms with Crippen LogP contribution in [0.3, 0.4) is 0 Å². The molecule has 0 aliphatic rings. The molecule has 7 heteroatoms. The van der Waals surface area contributed by atoms with E-state index in [0.29, 0.717) is 16.6 Å². The number of rotatable bonds is 7. The number of benzene rings is 2. The maximum Gasteiger partial charge on any atom is 0.269 e. The van der Waals surface area contributed by atoms with Gasteiger partial charge < -0.3 is 0 Å². The molecule has 1 unspecified atom stereocenters. The fraction of sp³-hybridized carbons (Fsp3) is 0.182. The van der Waals surface area contributed by atoms with E-state index < -0.39 is 4.92 Å². The standard InChI is InChI=1S/C22H21N3O3S/c1-3-15(2)17-7-9-18(10-8-17)20-14-29-22(23-20)24-21(26)13-6-16-4-11-19(12-5-16)25(27)28/h4-15H,3H2,1-2H3,(H,23,24,26). The summed E-state index contributed by atoms with van der Waals surface area (Å²) in [6.45, 7) is 4.37. The van der Waals surface area contributed by atoms with Crippen molar-refractivity contribution in [1.82, 2.24) is 4.98 Å². The van der Waals surface area contributed by atoms with Crippen LogP contribution in [-0.2, 0) is 4.79 Å². The lowest BCUT2D eigenvalue weighted by Gasteiger charge is -2.08. The molecule has 3 aromatic rings. The normalized spacial score (nSPS) is 12.1. The van der Waals surface area contributed by atoms with Crippen molar-refractivity contribution in [3.8, 4) is 11.3 Å². The van der Waals surface area contributed by atoms with Crippen molar-refractivity contribution < 1.29 is 9.72 Å². The number of anilines is 1. The number of amides is 1. The molecule has 0 aliphatic heterocycles. The Morgan fingerprint density at radius 1 is 1.21 bits per heavy atom. The molecule has 0 saturated carbocycles. The van der Waals surface area contributed by atoms with Gasteiger partial charge >= 0.3 is 0 Å². The van der Waals surface area contributed by atoms with E-state index in [-0.39, 0.29) is 11.6 Å². The number of nitro groups is 1. The Balaban J connectivity index is 1.62. The number of nitrogens with zero attached hydrogens (tertiary/aromatic N) is 2. The van der Waals surface area contributed by atoms with Gasteiger partial charge in [0.05, 0.1) is 10.6 Å². The zero-order valence-electron chi connectivity index (χ0n) is 16.2. The van der Waals surface area contributed by atoms with Crippen molar-refractivity contribution in [2.24, 2.45) is 0 Å². The minimum Gasteiger partial charge on any atom is -0.298 e. The molecular formula is C22H21N3O3S. The number of thiazole rings is 1. The average molecular weight is 407 g/mol. The van der Waals surface area contributed by atoms with Crippen molar-refractivity contribution in [2.75, 3.05) is 5.32 Å². The maximum atomic E-state index is 12.1. The zero-order valence-corrected chi connectivity index (χ0v) is 17.0. The van der Waals surface area contributed by atoms with Crippen molar-refractivity contribution in [1.29, 1.82) is 0 Å². The molecule has 1 N–H and O–H groups in total. The highest BCUT2D eigenvalue weighted by molar-refractivity contribution is 7.14. The second kappa shape index (κ2) is 9.25. The van der Waals surface area contributed by atoms with Crippen molar-refractivity contribution in [2.45, 2.75) is 26.2 Å². The molecule has 0 aliphatic carbocycles. The van der Waals surface area contributed by atoms with Gasteiger partial charge in [0.1, 0.15) is 0 Å². The molecular weight excluding hydrogens is 386 g/mol. The monoisotopic (exact) mass is 407 g/mol. The first-order valence-electron chi connectivity index (χ1n) is 9.25. The lowest BCUT2D eigenvalue weighted by atomic mass is 9.97. The van der Waals surface area contributed by atoms with Gasteiger partial charge in [-0.25, -0.2) is 4.98 Å². The first-order chi connectivity index (χ1) is 14.0. The highest BCUT2D eigenvalue weighted by Crippen LogP contribution is 2.27. The van der Waals surface area contributed by atoms with Crippen LogP contribution >= 0.6 is 11.3 Å². The van der Waals surface area contributed by atoms with Gasteiger partial charge in [-0.05, 0) is 41.7 Å². The molecule has 0 saturated heterocycles. The van der Waals surface area contributed by atoms with Gasteiger partial charge in [0.15, 0.2) is 5.13 Å². The van der Waals surface area contributed by atoms with Crippen molar-refractivity contribution >= 4 is 34.1 Å². The van der Waals surface area contributed by atoms with Crippen molar-refractivity contribution in [3.63, 3.8) is 0 Å². The predicted octanol–water partition coefficient (Wildman–Crippen LogP) is 5.88. The first-order valence-corrected chi connectivity index (χ1v) is 10.1. The fourth-order valence-corrected chi connectivity index (χ4v) is 3.43. The smallest absolute Gasteiger partial charge is 0.269 e. The Hall–Kier alpha value is -3.32. The second-order valence-corrected chi connectivity index (χ2v) is 7.50. The van der Waals surface area contributed by atoms with Gasteiger partial charge in [-0.2, -0.15) is 0 Å². The van der Waals surface area contributed by atoms with E-state index in [1.54, 1.807) is 18.2 Å². The summed E-state index contributed by atoms with van der Waals surface area (Å²) < 4.78 is 0. The van der Waals surface area contributed by atoms with Crippen LogP contribution in [0.5, 0.6) is 0 Å². The number of carbonyl (C=O) groups is 1. The van der Waals surface area contributed by atoms with Crippen LogP contribution < -0.4 is 5.32 Å². The molecule has 1 heterocycles. The third kappa shape index (κ3) is 5.36. The Morgan fingerprint density at radius 3 is 2.52 bits per heavy atom. The largest absolute Gasteiger partial charge is 0.298 e. The van der Waals surface area contributed by atoms with E-state index in [4.69, 9.17) is 0 Å². The van der Waals surface area contributed by atoms with Gasteiger partial charge in [-0.3, -0.25) is 20.2 Å². The number of nitrogens with one attached hydrogen (secondary N) is 1. The van der Waals surface area contributed by atoms with Gasteiger partial charge in [-0.15, -0.1) is 11.3 Å². The van der Waals surface area contributed by atoms with Gasteiger partial charge in [0.25, 0.3) is 5.69 Å². The maximum absolute atomic E-state index is 12.1. The summed E-state index contributed by atoms with van der Waals surface area (Å²) in [5, 5.41) is 15.8. The number of aromatic nitrogens is 1. The second-order valence-electron chi connectivity index (χ2n) is 6.64. The molecule has 3 rings (SSSR count). The summed E-state index contributed by atoms with van der Waals surface area (Å²) in [6.07, 6.45) is 4.07. The summed E-state index contributed by atoms with van der Waals surface area (Å²) >= 11 is 1.36. The molecule has 6 nitrogen and oxygen atoms in total. The number of non-ortho nitro benzene ring substituents is 1. The molecule has 1 aromatic heterocycles. The molecule has 29 heavy (non-hydrogen) atoms. The third-order valence-electron chi connectivity index (χ3n) is 4.65. The Bertz CT molecular complexity index is 1020. The number of nitro benzene ring substituents is 1. The lowest BCUT2D eigenvalue weighted by Crippen LogP contribution is -2.07. The summed E-state index contributed by atoms with van der Waals surface area (Å²) in [7, 11) is 0. The molecule has 2 aromatic carbocycles. The quantitative estimate of drug-likeness (QED) is 0.301. The molecule has 0 radical (unpaired) electrons. The minimum atomic E-state index is -0.460. The van der Waals surface area contributed by atoms with Crippen molar-refractivity contribution in [3.05, 3.63) is 81.2 Å². The molecule has 0 spiro atoms. The van der Waals surface area contributed by atoms with Crippen LogP contribution in [0.2, 0.25) is 0 Å². The number of hydrogen-bond acceptors (Lipinski definition) is 5. The molecule has 0 bridgehead atoms. The minimum absolute atomic E-state index is 0.0131. The van der Waals surface area contributed by atoms with Gasteiger partial charge in [0.2, 0.25) is 5.91 Å². The van der Waals surface area contributed by atoms with E-state index >= 15 is 0 Å². The van der Waals surface area contributed by atoms with E-state index in [9.17, 15) is 14.9 Å². The topological polar surface area (TPSA) is 85.1 Å². The summed E-state index contributed by atoms with van der Waals surface area (Å²) in [5.74, 6) is 0.216. The number of carbonyl (C=O) groups excluding carboxylic acids is 1. The summed E-state index contributed by atoms with van der Waals surface area (Å²) in [5.41, 5.74) is 3.85. The van der Waals surface area contributed by atoms with E-state index in [1.807, 2.05) is 5.38 Å². The van der Waals surface area contributed by atoms with E-state index in [2.05, 4.69) is 48.4 Å². The SMILES string of the molecule is CCC(C)c1ccc(-c2csc(NC(=O)C=Cc3ccc([N+](=O)[O-])cc3)n2)cc1. The molecule has 1 amide bonds. The summed E-state index contributed by atoms with van der Waals surface area (Å²) in [4.78, 5) is 26.8. The van der Waals surface area contributed by atoms with E-state index in [0.717, 1.165) is 17.7 Å². The zero-order chi connectivity index (χ0) is 20.8. The Kier molecular flexibility index (Phi) is 6.51. The van der Waals surface area contributed by atoms with Crippen LogP contribution in [0.1, 0.15) is 37.3 Å². The molecule has 148 valence electrons. The van der Waals surface area contributed by atoms with E-state index in [1.165, 1.54) is 35.1 Å². The van der Waals surface area contributed by atoms with Crippen LogP contribution in [0.15, 0.2) is 60.0 Å². The number of hydrogen-bond donors (Lipinski definition) is 1. The van der Waals surface area contributed by atoms with Crippen LogP contribution in [0, 0.1) is 10.1 Å². The molecule has 0 fully saturated rings. The third-order valence-corrected chi connectivity index (χ3v) is 5.41. The molecule has 1 atom stereocenters. The summed E-state index contributed by atoms with van der Waals surface area (Å²) in [6, 6.07) is 14.3.